The van der Waals surface area contributed by atoms with Crippen LogP contribution in [0.25, 0.3) is 0 Å². The summed E-state index contributed by atoms with van der Waals surface area (Å²) in [5.74, 6) is -1.25. The van der Waals surface area contributed by atoms with E-state index in [2.05, 4.69) is 38.2 Å². The summed E-state index contributed by atoms with van der Waals surface area (Å²) in [7, 11) is 1.79. The highest BCUT2D eigenvalue weighted by Crippen LogP contribution is 2.37. The smallest absolute Gasteiger partial charge is 0.262 e. The Morgan fingerprint density at radius 1 is 0.783 bits per heavy atom. The van der Waals surface area contributed by atoms with Gasteiger partial charge in [-0.25, -0.2) is 0 Å². The summed E-state index contributed by atoms with van der Waals surface area (Å²) in [6, 6.07) is 18.0. The molecule has 1 N–H and O–H groups in total. The number of piperidine rings is 2. The molecule has 15 heteroatoms. The molecule has 1 atom stereocenters. The van der Waals surface area contributed by atoms with Gasteiger partial charge in [-0.15, -0.1) is 0 Å². The molecular weight excluding hydrogens is 786 g/mol. The van der Waals surface area contributed by atoms with Crippen molar-refractivity contribution in [3.63, 3.8) is 0 Å². The van der Waals surface area contributed by atoms with Crippen LogP contribution in [0.1, 0.15) is 93.6 Å². The number of hydrogen-bond donors (Lipinski definition) is 1. The number of methoxy groups -OCH3 is 1. The first-order chi connectivity index (χ1) is 29.0. The van der Waals surface area contributed by atoms with Gasteiger partial charge >= 0.3 is 0 Å². The number of piperazine rings is 1. The number of fused-ring (bicyclic) bond motifs is 2. The first-order valence-electron chi connectivity index (χ1n) is 21.0. The van der Waals surface area contributed by atoms with Crippen LogP contribution >= 0.6 is 11.6 Å². The lowest BCUT2D eigenvalue weighted by Gasteiger charge is -2.46. The van der Waals surface area contributed by atoms with Crippen molar-refractivity contribution in [2.24, 2.45) is 0 Å². The molecule has 1 unspecified atom stereocenters. The average molecular weight is 834 g/mol. The Morgan fingerprint density at radius 2 is 1.47 bits per heavy atom. The molecule has 9 rings (SSSR count). The van der Waals surface area contributed by atoms with Crippen molar-refractivity contribution in [2.45, 2.75) is 81.7 Å². The number of carbonyl (C=O) groups is 5. The van der Waals surface area contributed by atoms with E-state index < -0.39 is 29.7 Å². The number of benzene rings is 3. The molecule has 60 heavy (non-hydrogen) atoms. The van der Waals surface area contributed by atoms with Crippen LogP contribution in [0.4, 0.5) is 11.4 Å². The number of halogens is 1. The molecule has 3 aromatic carbocycles. The third-order valence-corrected chi connectivity index (χ3v) is 13.8. The highest BCUT2D eigenvalue weighted by Gasteiger charge is 2.45. The normalized spacial score (nSPS) is 24.4. The van der Waals surface area contributed by atoms with Crippen LogP contribution in [0, 0.1) is 11.3 Å². The number of nitrogens with zero attached hydrogens (tertiary/aromatic N) is 6. The van der Waals surface area contributed by atoms with Crippen molar-refractivity contribution in [3.8, 4) is 11.8 Å². The fourth-order valence-electron chi connectivity index (χ4n) is 9.97. The maximum Gasteiger partial charge on any atom is 0.262 e. The van der Waals surface area contributed by atoms with E-state index in [1.807, 2.05) is 17.0 Å². The second-order valence-corrected chi connectivity index (χ2v) is 17.3. The number of ether oxygens (including phenoxy) is 2. The molecule has 6 aliphatic rings. The summed E-state index contributed by atoms with van der Waals surface area (Å²) < 4.78 is 12.4. The Hall–Kier alpha value is -5.49. The van der Waals surface area contributed by atoms with Crippen LogP contribution in [0.2, 0.25) is 5.02 Å². The van der Waals surface area contributed by atoms with Gasteiger partial charge in [0, 0.05) is 94.9 Å². The van der Waals surface area contributed by atoms with Gasteiger partial charge in [0.1, 0.15) is 17.9 Å². The van der Waals surface area contributed by atoms with Gasteiger partial charge < -0.3 is 24.2 Å². The number of carbonyl (C=O) groups excluding carboxylic acids is 5. The lowest BCUT2D eigenvalue weighted by Crippen LogP contribution is -2.56. The van der Waals surface area contributed by atoms with Crippen molar-refractivity contribution in [1.29, 1.82) is 5.26 Å². The minimum Gasteiger partial charge on any atom is -0.490 e. The van der Waals surface area contributed by atoms with Crippen molar-refractivity contribution in [3.05, 3.63) is 87.4 Å². The van der Waals surface area contributed by atoms with Crippen molar-refractivity contribution >= 4 is 52.5 Å². The zero-order valence-electron chi connectivity index (χ0n) is 33.7. The van der Waals surface area contributed by atoms with Crippen molar-refractivity contribution in [1.82, 2.24) is 20.0 Å². The number of nitrogens with one attached hydrogen (secondary N) is 1. The number of anilines is 2. The topological polar surface area (TPSA) is 156 Å². The summed E-state index contributed by atoms with van der Waals surface area (Å²) in [6.45, 7) is 6.40. The van der Waals surface area contributed by atoms with Crippen LogP contribution < -0.4 is 19.9 Å². The van der Waals surface area contributed by atoms with E-state index in [0.29, 0.717) is 22.9 Å². The Labute approximate surface area is 353 Å². The van der Waals surface area contributed by atoms with Gasteiger partial charge in [-0.2, -0.15) is 5.26 Å². The van der Waals surface area contributed by atoms with Gasteiger partial charge in [0.25, 0.3) is 17.7 Å². The number of hydrogen-bond acceptors (Lipinski definition) is 11. The van der Waals surface area contributed by atoms with Gasteiger partial charge in [0.05, 0.1) is 33.4 Å². The number of nitriles is 1. The second-order valence-electron chi connectivity index (χ2n) is 16.9. The predicted octanol–water partition coefficient (Wildman–Crippen LogP) is 4.77. The number of imide groups is 2. The first kappa shape index (κ1) is 39.9. The van der Waals surface area contributed by atoms with E-state index in [1.54, 1.807) is 37.4 Å². The predicted molar refractivity (Wildman–Crippen MR) is 222 cm³/mol. The fraction of sp³-hybridized carbons (Fsp3) is 0.467. The minimum atomic E-state index is -0.990. The maximum atomic E-state index is 13.6. The monoisotopic (exact) mass is 833 g/mol. The quantitative estimate of drug-likeness (QED) is 0.297. The molecule has 4 fully saturated rings. The van der Waals surface area contributed by atoms with E-state index in [1.165, 1.54) is 0 Å². The van der Waals surface area contributed by atoms with Gasteiger partial charge in [0.15, 0.2) is 0 Å². The highest BCUT2D eigenvalue weighted by molar-refractivity contribution is 6.31. The Morgan fingerprint density at radius 3 is 2.15 bits per heavy atom. The van der Waals surface area contributed by atoms with Gasteiger partial charge in [-0.05, 0) is 99.0 Å². The van der Waals surface area contributed by atoms with Gasteiger partial charge in [-0.3, -0.25) is 39.1 Å². The standard InChI is InChI=1S/C45H48ClN7O7/c1-59-45(14-16-50(17-15-45)32-6-11-36-37(23-32)44(58)53(43(36)57)39-12-13-40(54)48-41(39)55)27-49-18-20-51(21-19-49)31-5-10-35-29(22-31)26-52(42(35)56)30-3-8-33(9-4-30)60-34-7-2-28(25-47)38(46)24-34/h2,5-7,10-11,22-24,30,33,39H,3-4,8-9,12-21,26-27H2,1H3,(H,48,54,55)/t30-,33-,39?. The van der Waals surface area contributed by atoms with E-state index >= 15 is 0 Å². The SMILES string of the molecule is COC1(CN2CCN(c3ccc4c(c3)CN([C@H]3CC[C@H](Oc5ccc(C#N)c(Cl)c5)CC3)C4=O)CC2)CCN(c2ccc3c(c2)C(=O)N(C2CCC(=O)NC2=O)C3=O)CC1. The van der Waals surface area contributed by atoms with Crippen LogP contribution in [-0.4, -0.2) is 121 Å². The first-order valence-corrected chi connectivity index (χ1v) is 21.3. The van der Waals surface area contributed by atoms with Crippen LogP contribution in [-0.2, 0) is 20.9 Å². The fourth-order valence-corrected chi connectivity index (χ4v) is 10.2. The third-order valence-electron chi connectivity index (χ3n) is 13.5. The number of rotatable bonds is 9. The molecule has 14 nitrogen and oxygen atoms in total. The second kappa shape index (κ2) is 16.2. The van der Waals surface area contributed by atoms with E-state index in [4.69, 9.17) is 26.3 Å². The zero-order chi connectivity index (χ0) is 41.7. The largest absolute Gasteiger partial charge is 0.490 e. The molecule has 0 radical (unpaired) electrons. The summed E-state index contributed by atoms with van der Waals surface area (Å²) in [6.07, 6.45) is 5.27. The molecule has 1 aliphatic carbocycles. The van der Waals surface area contributed by atoms with Crippen LogP contribution in [0.5, 0.6) is 5.75 Å². The van der Waals surface area contributed by atoms with Crippen molar-refractivity contribution < 1.29 is 33.4 Å². The van der Waals surface area contributed by atoms with Crippen molar-refractivity contribution in [2.75, 3.05) is 62.7 Å². The lowest BCUT2D eigenvalue weighted by atomic mass is 9.89. The van der Waals surface area contributed by atoms with E-state index in [9.17, 15) is 24.0 Å². The average Bonchev–Trinajstić information content (AvgIpc) is 3.72. The van der Waals surface area contributed by atoms with Gasteiger partial charge in [0.2, 0.25) is 11.8 Å². The zero-order valence-corrected chi connectivity index (χ0v) is 34.4. The molecule has 312 valence electrons. The van der Waals surface area contributed by atoms with Crippen LogP contribution in [0.15, 0.2) is 54.6 Å². The molecule has 0 spiro atoms. The Balaban J connectivity index is 0.755. The molecule has 3 aromatic rings. The summed E-state index contributed by atoms with van der Waals surface area (Å²) >= 11 is 6.21. The lowest BCUT2D eigenvalue weighted by molar-refractivity contribution is -0.136. The molecule has 0 bridgehead atoms. The van der Waals surface area contributed by atoms with Crippen LogP contribution in [0.3, 0.4) is 0 Å². The van der Waals surface area contributed by atoms with E-state index in [0.717, 1.165) is 112 Å². The molecule has 5 amide bonds. The summed E-state index contributed by atoms with van der Waals surface area (Å²) in [5.41, 5.74) is 4.55. The molecule has 0 aromatic heterocycles. The van der Waals surface area contributed by atoms with Gasteiger partial charge in [-0.1, -0.05) is 11.6 Å². The molecular formula is C45H48ClN7O7. The highest BCUT2D eigenvalue weighted by atomic mass is 35.5. The third kappa shape index (κ3) is 7.48. The molecule has 1 saturated carbocycles. The Bertz CT molecular complexity index is 2290. The summed E-state index contributed by atoms with van der Waals surface area (Å²) in [4.78, 5) is 74.5. The van der Waals surface area contributed by atoms with E-state index in [-0.39, 0.29) is 47.6 Å². The molecule has 5 aliphatic heterocycles. The molecule has 5 heterocycles. The maximum absolute atomic E-state index is 13.6. The minimum absolute atomic E-state index is 0.0442. The summed E-state index contributed by atoms with van der Waals surface area (Å²) in [5, 5.41) is 11.8. The Kier molecular flexibility index (Phi) is 10.8. The molecule has 3 saturated heterocycles. The number of amides is 5.